The third-order valence-corrected chi connectivity index (χ3v) is 12.5. The minimum absolute atomic E-state index is 0.442. The molecule has 3 saturated carbocycles. The molecule has 44 heavy (non-hydrogen) atoms. The van der Waals surface area contributed by atoms with Gasteiger partial charge in [-0.05, 0) is 150 Å². The third-order valence-electron chi connectivity index (χ3n) is 12.5. The zero-order valence-electron chi connectivity index (χ0n) is 29.5. The molecule has 0 bridgehead atoms. The van der Waals surface area contributed by atoms with E-state index in [1.54, 1.807) is 5.57 Å². The quantitative estimate of drug-likeness (QED) is 0.0740. The fourth-order valence-corrected chi connectivity index (χ4v) is 10.0. The maximum Gasteiger partial charge on any atom is 0.207 e. The molecule has 6 N–H and O–H groups in total. The summed E-state index contributed by atoms with van der Waals surface area (Å²) < 4.78 is 6.42. The first-order chi connectivity index (χ1) is 21.2. The Morgan fingerprint density at radius 3 is 2.39 bits per heavy atom. The van der Waals surface area contributed by atoms with Gasteiger partial charge in [0, 0.05) is 13.2 Å². The van der Waals surface area contributed by atoms with E-state index in [9.17, 15) is 4.79 Å². The number of nitrogens with two attached hydrogens (primary N) is 2. The molecule has 1 amide bonds. The number of hydrogen-bond acceptors (Lipinski definition) is 5. The van der Waals surface area contributed by atoms with Crippen molar-refractivity contribution in [2.45, 2.75) is 137 Å². The van der Waals surface area contributed by atoms with Gasteiger partial charge < -0.3 is 26.8 Å². The van der Waals surface area contributed by atoms with E-state index in [2.05, 4.69) is 51.3 Å². The maximum atomic E-state index is 9.53. The Morgan fingerprint density at radius 2 is 1.66 bits per heavy atom. The molecule has 0 aliphatic heterocycles. The van der Waals surface area contributed by atoms with Crippen molar-refractivity contribution >= 4 is 6.41 Å². The van der Waals surface area contributed by atoms with E-state index in [1.807, 2.05) is 0 Å². The van der Waals surface area contributed by atoms with E-state index in [-0.39, 0.29) is 0 Å². The van der Waals surface area contributed by atoms with Gasteiger partial charge in [-0.1, -0.05) is 65.5 Å². The van der Waals surface area contributed by atoms with Gasteiger partial charge in [0.2, 0.25) is 6.41 Å². The fraction of sp³-hybridized carbons (Fsp3) is 0.921. The Bertz CT molecular complexity index is 849. The topological polar surface area (TPSA) is 102 Å². The summed E-state index contributed by atoms with van der Waals surface area (Å²) in [7, 11) is 0. The summed E-state index contributed by atoms with van der Waals surface area (Å²) in [6.45, 7) is 17.9. The molecule has 3 fully saturated rings. The van der Waals surface area contributed by atoms with Gasteiger partial charge in [0.15, 0.2) is 0 Å². The molecule has 6 heteroatoms. The lowest BCUT2D eigenvalue weighted by Crippen LogP contribution is -2.51. The van der Waals surface area contributed by atoms with E-state index in [0.29, 0.717) is 36.4 Å². The van der Waals surface area contributed by atoms with Gasteiger partial charge >= 0.3 is 0 Å². The van der Waals surface area contributed by atoms with Gasteiger partial charge in [-0.25, -0.2) is 0 Å². The van der Waals surface area contributed by atoms with Crippen LogP contribution in [0.3, 0.4) is 0 Å². The first-order valence-electron chi connectivity index (χ1n) is 18.8. The van der Waals surface area contributed by atoms with Gasteiger partial charge in [-0.3, -0.25) is 4.79 Å². The number of carbonyl (C=O) groups excluding carboxylic acids is 1. The normalized spacial score (nSPS) is 33.4. The SMILES string of the molecule is CC(C)CCC[C@@H](C)C1CCC2C3CC=C4CC(OCCCCNCCCN)CCC4(C)C3CCC21C.NCCCNC=O. The number of nitrogens with one attached hydrogen (secondary N) is 2. The van der Waals surface area contributed by atoms with Gasteiger partial charge in [-0.15, -0.1) is 0 Å². The standard InChI is InChI=1S/C34H62N2O.C4H10N2O/c1-25(2)10-8-11-26(3)30-14-15-31-29-13-12-27-24-28(37-23-7-6-21-36-22-9-20-35)16-18-33(27,4)32(29)17-19-34(30,31)5;5-2-1-3-6-4-7/h12,25-26,28-32,36H,6-11,13-24,35H2,1-5H3;4H,1-3,5H2,(H,6,7)/t26-,28?,29?,30?,31?,32?,33?,34?;/m1./s1. The lowest BCUT2D eigenvalue weighted by molar-refractivity contribution is -0.109. The Morgan fingerprint density at radius 1 is 0.909 bits per heavy atom. The van der Waals surface area contributed by atoms with Crippen LogP contribution in [0.2, 0.25) is 0 Å². The average Bonchev–Trinajstić information content (AvgIpc) is 3.36. The second-order valence-electron chi connectivity index (χ2n) is 15.8. The molecule has 8 atom stereocenters. The summed E-state index contributed by atoms with van der Waals surface area (Å²) in [5.41, 5.74) is 13.5. The monoisotopic (exact) mass is 617 g/mol. The maximum absolute atomic E-state index is 9.53. The van der Waals surface area contributed by atoms with Crippen molar-refractivity contribution in [1.82, 2.24) is 10.6 Å². The molecule has 0 aromatic carbocycles. The minimum Gasteiger partial charge on any atom is -0.378 e. The number of unbranched alkanes of at least 4 members (excludes halogenated alkanes) is 1. The van der Waals surface area contributed by atoms with Crippen LogP contribution in [-0.2, 0) is 9.53 Å². The van der Waals surface area contributed by atoms with Gasteiger partial charge in [0.1, 0.15) is 0 Å². The van der Waals surface area contributed by atoms with E-state index in [1.165, 1.54) is 83.5 Å². The summed E-state index contributed by atoms with van der Waals surface area (Å²) in [5, 5.41) is 5.98. The Balaban J connectivity index is 0.000000676. The van der Waals surface area contributed by atoms with Crippen LogP contribution in [0.25, 0.3) is 0 Å². The molecule has 4 aliphatic rings. The molecule has 6 nitrogen and oxygen atoms in total. The van der Waals surface area contributed by atoms with Gasteiger partial charge in [0.25, 0.3) is 0 Å². The Hall–Kier alpha value is -0.950. The van der Waals surface area contributed by atoms with Gasteiger partial charge in [-0.2, -0.15) is 0 Å². The number of rotatable bonds is 18. The predicted octanol–water partition coefficient (Wildman–Crippen LogP) is 7.21. The number of fused-ring (bicyclic) bond motifs is 5. The number of ether oxygens (including phenoxy) is 1. The van der Waals surface area contributed by atoms with Crippen molar-refractivity contribution in [1.29, 1.82) is 0 Å². The largest absolute Gasteiger partial charge is 0.378 e. The van der Waals surface area contributed by atoms with Crippen molar-refractivity contribution in [3.63, 3.8) is 0 Å². The minimum atomic E-state index is 0.442. The molecule has 0 radical (unpaired) electrons. The first kappa shape index (κ1) is 37.5. The molecule has 256 valence electrons. The van der Waals surface area contributed by atoms with E-state index >= 15 is 0 Å². The molecule has 0 heterocycles. The molecular formula is C38H72N4O2. The van der Waals surface area contributed by atoms with Crippen LogP contribution in [0.1, 0.15) is 131 Å². The molecule has 0 aromatic heterocycles. The Kier molecular flexibility index (Phi) is 16.2. The molecule has 7 unspecified atom stereocenters. The van der Waals surface area contributed by atoms with E-state index in [0.717, 1.165) is 74.6 Å². The highest BCUT2D eigenvalue weighted by Gasteiger charge is 2.59. The number of amides is 1. The smallest absolute Gasteiger partial charge is 0.207 e. The summed E-state index contributed by atoms with van der Waals surface area (Å²) in [5.74, 6) is 5.54. The van der Waals surface area contributed by atoms with Crippen molar-refractivity contribution in [3.05, 3.63) is 11.6 Å². The van der Waals surface area contributed by atoms with Crippen molar-refractivity contribution in [2.75, 3.05) is 39.3 Å². The number of allylic oxidation sites excluding steroid dienone is 1. The molecule has 4 rings (SSSR count). The first-order valence-corrected chi connectivity index (χ1v) is 18.8. The lowest BCUT2D eigenvalue weighted by atomic mass is 9.47. The van der Waals surface area contributed by atoms with Crippen molar-refractivity contribution in [2.24, 2.45) is 57.8 Å². The fourth-order valence-electron chi connectivity index (χ4n) is 10.0. The average molecular weight is 617 g/mol. The van der Waals surface area contributed by atoms with Crippen LogP contribution in [0.15, 0.2) is 11.6 Å². The second kappa shape index (κ2) is 19.0. The molecule has 0 spiro atoms. The van der Waals surface area contributed by atoms with Crippen LogP contribution < -0.4 is 22.1 Å². The predicted molar refractivity (Wildman–Crippen MR) is 186 cm³/mol. The van der Waals surface area contributed by atoms with E-state index in [4.69, 9.17) is 16.2 Å². The van der Waals surface area contributed by atoms with Crippen LogP contribution in [0, 0.1) is 46.3 Å². The van der Waals surface area contributed by atoms with Crippen LogP contribution >= 0.6 is 0 Å². The van der Waals surface area contributed by atoms with Crippen LogP contribution in [0.5, 0.6) is 0 Å². The number of hydrogen-bond donors (Lipinski definition) is 4. The summed E-state index contributed by atoms with van der Waals surface area (Å²) in [4.78, 5) is 9.53. The molecule has 4 aliphatic carbocycles. The van der Waals surface area contributed by atoms with Gasteiger partial charge in [0.05, 0.1) is 6.10 Å². The Labute approximate surface area is 272 Å². The zero-order chi connectivity index (χ0) is 32.0. The highest BCUT2D eigenvalue weighted by Crippen LogP contribution is 2.67. The van der Waals surface area contributed by atoms with Crippen LogP contribution in [-0.4, -0.2) is 51.8 Å². The van der Waals surface area contributed by atoms with Crippen LogP contribution in [0.4, 0.5) is 0 Å². The van der Waals surface area contributed by atoms with Crippen molar-refractivity contribution in [3.8, 4) is 0 Å². The highest BCUT2D eigenvalue weighted by molar-refractivity contribution is 5.45. The molecular weight excluding hydrogens is 544 g/mol. The highest BCUT2D eigenvalue weighted by atomic mass is 16.5. The second-order valence-corrected chi connectivity index (χ2v) is 15.8. The van der Waals surface area contributed by atoms with Crippen molar-refractivity contribution < 1.29 is 9.53 Å². The van der Waals surface area contributed by atoms with E-state index < -0.39 is 0 Å². The summed E-state index contributed by atoms with van der Waals surface area (Å²) >= 11 is 0. The molecule has 0 saturated heterocycles. The zero-order valence-corrected chi connectivity index (χ0v) is 29.5. The molecule has 0 aromatic rings. The lowest BCUT2D eigenvalue weighted by Gasteiger charge is -2.58. The summed E-state index contributed by atoms with van der Waals surface area (Å²) in [6.07, 6.45) is 23.6. The third kappa shape index (κ3) is 10.0. The number of carbonyl (C=O) groups is 1. The summed E-state index contributed by atoms with van der Waals surface area (Å²) in [6, 6.07) is 0.